The van der Waals surface area contributed by atoms with Crippen molar-refractivity contribution in [2.75, 3.05) is 0 Å². The topological polar surface area (TPSA) is 56.5 Å². The molecule has 0 unspecified atom stereocenters. The summed E-state index contributed by atoms with van der Waals surface area (Å²) in [6, 6.07) is 7.54. The van der Waals surface area contributed by atoms with Gasteiger partial charge in [0.2, 0.25) is 5.43 Å². The molecule has 1 aromatic heterocycles. The van der Waals surface area contributed by atoms with E-state index in [-0.39, 0.29) is 22.3 Å². The van der Waals surface area contributed by atoms with Crippen LogP contribution in [-0.4, -0.2) is 11.6 Å². The molecule has 3 rings (SSSR count). The summed E-state index contributed by atoms with van der Waals surface area (Å²) in [4.78, 5) is 25.7. The molecular weight excluding hydrogens is 354 g/mol. The summed E-state index contributed by atoms with van der Waals surface area (Å²) in [7, 11) is 0. The molecule has 6 heteroatoms. The van der Waals surface area contributed by atoms with Crippen LogP contribution in [0.5, 0.6) is 0 Å². The summed E-state index contributed by atoms with van der Waals surface area (Å²) < 4.78 is 39.1. The van der Waals surface area contributed by atoms with Crippen LogP contribution in [0.3, 0.4) is 0 Å². The number of hydrogen-bond donors (Lipinski definition) is 0. The molecule has 2 aromatic carbocycles. The lowest BCUT2D eigenvalue weighted by Gasteiger charge is -2.20. The fraction of sp³-hybridized carbons (Fsp3) is 0.238. The normalized spacial score (nSPS) is 11.6. The third-order valence-corrected chi connectivity index (χ3v) is 3.82. The molecule has 0 N–H and O–H groups in total. The number of hydrogen-bond acceptors (Lipinski definition) is 4. The van der Waals surface area contributed by atoms with E-state index in [1.807, 2.05) is 0 Å². The van der Waals surface area contributed by atoms with Crippen LogP contribution in [0.1, 0.15) is 36.7 Å². The highest BCUT2D eigenvalue weighted by Crippen LogP contribution is 2.30. The molecule has 0 spiro atoms. The second kappa shape index (κ2) is 6.61. The number of esters is 1. The maximum absolute atomic E-state index is 14.4. The van der Waals surface area contributed by atoms with Gasteiger partial charge in [0.05, 0.1) is 10.9 Å². The quantitative estimate of drug-likeness (QED) is 0.594. The van der Waals surface area contributed by atoms with Gasteiger partial charge in [0.1, 0.15) is 22.8 Å². The van der Waals surface area contributed by atoms with Crippen molar-refractivity contribution in [1.82, 2.24) is 0 Å². The van der Waals surface area contributed by atoms with Crippen molar-refractivity contribution in [1.29, 1.82) is 0 Å². The minimum absolute atomic E-state index is 0.155. The number of halogens is 2. The van der Waals surface area contributed by atoms with Gasteiger partial charge in [0.25, 0.3) is 0 Å². The van der Waals surface area contributed by atoms with Crippen LogP contribution in [-0.2, 0) is 4.74 Å². The molecule has 0 atom stereocenters. The Morgan fingerprint density at radius 3 is 2.44 bits per heavy atom. The molecule has 0 radical (unpaired) electrons. The lowest BCUT2D eigenvalue weighted by atomic mass is 10.0. The van der Waals surface area contributed by atoms with Gasteiger partial charge in [-0.1, -0.05) is 6.07 Å². The highest BCUT2D eigenvalue weighted by atomic mass is 19.1. The van der Waals surface area contributed by atoms with Gasteiger partial charge >= 0.3 is 5.97 Å². The summed E-state index contributed by atoms with van der Waals surface area (Å²) in [5, 5.41) is 0.155. The van der Waals surface area contributed by atoms with Gasteiger partial charge in [0.15, 0.2) is 11.3 Å². The molecular formula is C21H18F2O4. The molecule has 0 saturated heterocycles. The molecule has 0 aliphatic heterocycles. The van der Waals surface area contributed by atoms with Crippen LogP contribution in [0.15, 0.2) is 45.6 Å². The van der Waals surface area contributed by atoms with E-state index in [2.05, 4.69) is 0 Å². The van der Waals surface area contributed by atoms with Crippen molar-refractivity contribution in [2.24, 2.45) is 0 Å². The first kappa shape index (κ1) is 18.8. The zero-order valence-electron chi connectivity index (χ0n) is 15.4. The number of carbonyl (C=O) groups excluding carboxylic acids is 1. The minimum Gasteiger partial charge on any atom is -0.456 e. The Morgan fingerprint density at radius 1 is 1.07 bits per heavy atom. The van der Waals surface area contributed by atoms with E-state index in [9.17, 15) is 18.4 Å². The molecule has 27 heavy (non-hydrogen) atoms. The second-order valence-corrected chi connectivity index (χ2v) is 7.26. The van der Waals surface area contributed by atoms with Gasteiger partial charge in [-0.3, -0.25) is 4.79 Å². The van der Waals surface area contributed by atoms with Crippen LogP contribution < -0.4 is 5.43 Å². The largest absolute Gasteiger partial charge is 0.456 e. The number of carbonyl (C=O) groups is 1. The summed E-state index contributed by atoms with van der Waals surface area (Å²) in [6.07, 6.45) is 0. The van der Waals surface area contributed by atoms with E-state index in [1.165, 1.54) is 6.07 Å². The summed E-state index contributed by atoms with van der Waals surface area (Å²) in [5.74, 6) is -2.87. The molecule has 0 aliphatic rings. The van der Waals surface area contributed by atoms with Gasteiger partial charge in [0, 0.05) is 0 Å². The fourth-order valence-electron chi connectivity index (χ4n) is 2.68. The highest BCUT2D eigenvalue weighted by molar-refractivity contribution is 5.99. The molecule has 140 valence electrons. The van der Waals surface area contributed by atoms with Crippen LogP contribution in [0.2, 0.25) is 0 Å². The Balaban J connectivity index is 2.39. The summed E-state index contributed by atoms with van der Waals surface area (Å²) in [6.45, 7) is 6.71. The lowest BCUT2D eigenvalue weighted by molar-refractivity contribution is 0.00674. The van der Waals surface area contributed by atoms with Crippen LogP contribution in [0.4, 0.5) is 8.78 Å². The predicted octanol–water partition coefficient (Wildman–Crippen LogP) is 5.00. The van der Waals surface area contributed by atoms with Crippen LogP contribution >= 0.6 is 0 Å². The Labute approximate surface area is 154 Å². The first-order valence-electron chi connectivity index (χ1n) is 8.33. The monoisotopic (exact) mass is 372 g/mol. The minimum atomic E-state index is -0.961. The standard InChI is InChI=1S/C21H18F2O4/c1-11-5-7-13-16(9-11)26-19(14-10-12(22)6-8-15(14)23)17(18(13)24)20(25)27-21(2,3)4/h5-10H,1-4H3. The van der Waals surface area contributed by atoms with Crippen molar-refractivity contribution < 1.29 is 22.7 Å². The third kappa shape index (κ3) is 3.74. The highest BCUT2D eigenvalue weighted by Gasteiger charge is 2.28. The maximum Gasteiger partial charge on any atom is 0.346 e. The molecule has 0 saturated carbocycles. The molecule has 0 bridgehead atoms. The molecule has 0 amide bonds. The molecule has 1 heterocycles. The van der Waals surface area contributed by atoms with E-state index in [1.54, 1.807) is 39.8 Å². The van der Waals surface area contributed by atoms with Gasteiger partial charge in [-0.25, -0.2) is 13.6 Å². The van der Waals surface area contributed by atoms with Gasteiger partial charge in [-0.2, -0.15) is 0 Å². The van der Waals surface area contributed by atoms with Crippen molar-refractivity contribution in [3.63, 3.8) is 0 Å². The first-order chi connectivity index (χ1) is 12.6. The van der Waals surface area contributed by atoms with Gasteiger partial charge in [-0.05, 0) is 63.6 Å². The lowest BCUT2D eigenvalue weighted by Crippen LogP contribution is -2.28. The second-order valence-electron chi connectivity index (χ2n) is 7.26. The molecule has 4 nitrogen and oxygen atoms in total. The van der Waals surface area contributed by atoms with E-state index in [4.69, 9.17) is 9.15 Å². The smallest absolute Gasteiger partial charge is 0.346 e. The molecule has 0 aliphatic carbocycles. The van der Waals surface area contributed by atoms with Crippen molar-refractivity contribution in [2.45, 2.75) is 33.3 Å². The van der Waals surface area contributed by atoms with E-state index in [0.29, 0.717) is 0 Å². The Hall–Kier alpha value is -3.02. The Kier molecular flexibility index (Phi) is 4.59. The van der Waals surface area contributed by atoms with E-state index >= 15 is 0 Å². The zero-order chi connectivity index (χ0) is 19.9. The van der Waals surface area contributed by atoms with Crippen molar-refractivity contribution >= 4 is 16.9 Å². The fourth-order valence-corrected chi connectivity index (χ4v) is 2.68. The first-order valence-corrected chi connectivity index (χ1v) is 8.33. The van der Waals surface area contributed by atoms with Gasteiger partial charge in [-0.15, -0.1) is 0 Å². The van der Waals surface area contributed by atoms with Crippen molar-refractivity contribution in [3.05, 3.63) is 69.4 Å². The SMILES string of the molecule is Cc1ccc2c(=O)c(C(=O)OC(C)(C)C)c(-c3cc(F)ccc3F)oc2c1. The maximum atomic E-state index is 14.4. The number of benzene rings is 2. The van der Waals surface area contributed by atoms with Gasteiger partial charge < -0.3 is 9.15 Å². The zero-order valence-corrected chi connectivity index (χ0v) is 15.4. The van der Waals surface area contributed by atoms with E-state index < -0.39 is 34.2 Å². The van der Waals surface area contributed by atoms with Crippen LogP contribution in [0, 0.1) is 18.6 Å². The number of rotatable bonds is 2. The molecule has 3 aromatic rings. The summed E-state index contributed by atoms with van der Waals surface area (Å²) >= 11 is 0. The Morgan fingerprint density at radius 2 is 1.78 bits per heavy atom. The molecule has 0 fully saturated rings. The summed E-state index contributed by atoms with van der Waals surface area (Å²) in [5.41, 5.74) is -1.36. The number of fused-ring (bicyclic) bond motifs is 1. The number of ether oxygens (including phenoxy) is 1. The Bertz CT molecular complexity index is 1110. The third-order valence-electron chi connectivity index (χ3n) is 3.82. The predicted molar refractivity (Wildman–Crippen MR) is 97.7 cm³/mol. The average Bonchev–Trinajstić information content (AvgIpc) is 2.54. The number of aryl methyl sites for hydroxylation is 1. The van der Waals surface area contributed by atoms with Crippen LogP contribution in [0.25, 0.3) is 22.3 Å². The average molecular weight is 372 g/mol. The van der Waals surface area contributed by atoms with E-state index in [0.717, 1.165) is 23.8 Å². The van der Waals surface area contributed by atoms with Crippen molar-refractivity contribution in [3.8, 4) is 11.3 Å².